The molecule has 0 bridgehead atoms. The van der Waals surface area contributed by atoms with Crippen LogP contribution in [-0.2, 0) is 11.3 Å². The number of amides is 1. The van der Waals surface area contributed by atoms with Gasteiger partial charge in [0.15, 0.2) is 0 Å². The van der Waals surface area contributed by atoms with Crippen molar-refractivity contribution in [3.63, 3.8) is 0 Å². The van der Waals surface area contributed by atoms with Crippen molar-refractivity contribution in [3.8, 4) is 11.5 Å². The number of carbonyl (C=O) groups is 1. The van der Waals surface area contributed by atoms with Crippen molar-refractivity contribution in [3.05, 3.63) is 83.7 Å². The van der Waals surface area contributed by atoms with Crippen LogP contribution in [0.15, 0.2) is 66.7 Å². The summed E-state index contributed by atoms with van der Waals surface area (Å²) in [5.41, 5.74) is 4.83. The van der Waals surface area contributed by atoms with E-state index >= 15 is 0 Å². The predicted molar refractivity (Wildman–Crippen MR) is 140 cm³/mol. The fraction of sp³-hybridized carbons (Fsp3) is 0.310. The standard InChI is InChI=1S/C29H31N3O4/c1-19-11-20(2)13-25(12-19)36-18-23(33)17-32-27-10-5-4-9-26(27)30-29(32)21-14-28(34)31(16-21)22-7-6-8-24(15-22)35-3/h4-13,15,21,23,33H,14,16-18H2,1-3H3/t21-,23-/m1/s1. The number of aliphatic hydroxyl groups is 1. The predicted octanol–water partition coefficient (Wildman–Crippen LogP) is 4.62. The molecule has 1 aliphatic rings. The number of hydrogen-bond donors (Lipinski definition) is 1. The maximum Gasteiger partial charge on any atom is 0.227 e. The van der Waals surface area contributed by atoms with Gasteiger partial charge in [-0.1, -0.05) is 24.3 Å². The third kappa shape index (κ3) is 4.93. The summed E-state index contributed by atoms with van der Waals surface area (Å²) in [7, 11) is 1.62. The SMILES string of the molecule is COc1cccc(N2C[C@H](c3nc4ccccc4n3C[C@@H](O)COc3cc(C)cc(C)c3)CC2=O)c1. The number of fused-ring (bicyclic) bond motifs is 1. The van der Waals surface area contributed by atoms with E-state index in [2.05, 4.69) is 6.07 Å². The number of rotatable bonds is 8. The van der Waals surface area contributed by atoms with Crippen LogP contribution >= 0.6 is 0 Å². The van der Waals surface area contributed by atoms with Crippen LogP contribution in [0.4, 0.5) is 5.69 Å². The van der Waals surface area contributed by atoms with Gasteiger partial charge in [0.05, 0.1) is 24.7 Å². The first-order valence-corrected chi connectivity index (χ1v) is 12.2. The molecule has 0 spiro atoms. The summed E-state index contributed by atoms with van der Waals surface area (Å²) in [6, 6.07) is 21.4. The van der Waals surface area contributed by atoms with Crippen LogP contribution in [0.2, 0.25) is 0 Å². The third-order valence-electron chi connectivity index (χ3n) is 6.57. The molecule has 0 saturated carbocycles. The zero-order chi connectivity index (χ0) is 25.2. The molecule has 1 amide bonds. The number of ether oxygens (including phenoxy) is 2. The summed E-state index contributed by atoms with van der Waals surface area (Å²) < 4.78 is 13.3. The highest BCUT2D eigenvalue weighted by Crippen LogP contribution is 2.34. The van der Waals surface area contributed by atoms with Crippen LogP contribution in [0.5, 0.6) is 11.5 Å². The van der Waals surface area contributed by atoms with E-state index in [9.17, 15) is 9.90 Å². The Morgan fingerprint density at radius 3 is 2.58 bits per heavy atom. The number of para-hydroxylation sites is 2. The molecule has 1 N–H and O–H groups in total. The molecule has 1 fully saturated rings. The molecule has 0 aliphatic carbocycles. The monoisotopic (exact) mass is 485 g/mol. The number of hydrogen-bond acceptors (Lipinski definition) is 5. The smallest absolute Gasteiger partial charge is 0.227 e. The molecule has 2 atom stereocenters. The molecule has 7 nitrogen and oxygen atoms in total. The summed E-state index contributed by atoms with van der Waals surface area (Å²) in [6.07, 6.45) is -0.385. The fourth-order valence-electron chi connectivity index (χ4n) is 4.98. The lowest BCUT2D eigenvalue weighted by Crippen LogP contribution is -2.26. The lowest BCUT2D eigenvalue weighted by Gasteiger charge is -2.19. The molecule has 0 unspecified atom stereocenters. The minimum absolute atomic E-state index is 0.0468. The molecule has 1 aliphatic heterocycles. The molecule has 1 saturated heterocycles. The minimum Gasteiger partial charge on any atom is -0.497 e. The lowest BCUT2D eigenvalue weighted by atomic mass is 10.1. The Balaban J connectivity index is 1.38. The van der Waals surface area contributed by atoms with Crippen LogP contribution in [0.3, 0.4) is 0 Å². The molecule has 186 valence electrons. The van der Waals surface area contributed by atoms with E-state index in [-0.39, 0.29) is 18.4 Å². The molecule has 0 radical (unpaired) electrons. The van der Waals surface area contributed by atoms with Crippen molar-refractivity contribution in [1.29, 1.82) is 0 Å². The van der Waals surface area contributed by atoms with E-state index in [1.165, 1.54) is 0 Å². The summed E-state index contributed by atoms with van der Waals surface area (Å²) in [5, 5.41) is 10.9. The van der Waals surface area contributed by atoms with Crippen molar-refractivity contribution in [2.45, 2.75) is 38.8 Å². The molecular formula is C29H31N3O4. The molecule has 7 heteroatoms. The van der Waals surface area contributed by atoms with Gasteiger partial charge in [-0.2, -0.15) is 0 Å². The van der Waals surface area contributed by atoms with Crippen LogP contribution < -0.4 is 14.4 Å². The van der Waals surface area contributed by atoms with E-state index < -0.39 is 6.10 Å². The highest BCUT2D eigenvalue weighted by atomic mass is 16.5. The Hall–Kier alpha value is -3.84. The van der Waals surface area contributed by atoms with Gasteiger partial charge in [0.25, 0.3) is 0 Å². The second-order valence-electron chi connectivity index (χ2n) is 9.46. The van der Waals surface area contributed by atoms with Gasteiger partial charge < -0.3 is 24.0 Å². The average molecular weight is 486 g/mol. The lowest BCUT2D eigenvalue weighted by molar-refractivity contribution is -0.117. The topological polar surface area (TPSA) is 76.8 Å². The molecule has 1 aromatic heterocycles. The molecule has 4 aromatic rings. The Kier molecular flexibility index (Phi) is 6.65. The highest BCUT2D eigenvalue weighted by molar-refractivity contribution is 5.96. The van der Waals surface area contributed by atoms with E-state index in [0.29, 0.717) is 25.3 Å². The Bertz CT molecular complexity index is 1380. The maximum atomic E-state index is 13.0. The largest absolute Gasteiger partial charge is 0.497 e. The van der Waals surface area contributed by atoms with Gasteiger partial charge in [-0.15, -0.1) is 0 Å². The van der Waals surface area contributed by atoms with E-state index in [0.717, 1.165) is 39.4 Å². The average Bonchev–Trinajstić information content (AvgIpc) is 3.43. The summed E-state index contributed by atoms with van der Waals surface area (Å²) in [4.78, 5) is 19.7. The van der Waals surface area contributed by atoms with Gasteiger partial charge in [-0.3, -0.25) is 4.79 Å². The van der Waals surface area contributed by atoms with E-state index in [1.807, 2.05) is 79.1 Å². The van der Waals surface area contributed by atoms with Crippen molar-refractivity contribution in [1.82, 2.24) is 9.55 Å². The molecule has 36 heavy (non-hydrogen) atoms. The number of aliphatic hydroxyl groups excluding tert-OH is 1. The highest BCUT2D eigenvalue weighted by Gasteiger charge is 2.35. The van der Waals surface area contributed by atoms with Gasteiger partial charge >= 0.3 is 0 Å². The van der Waals surface area contributed by atoms with Gasteiger partial charge in [0.1, 0.15) is 30.0 Å². The molecule has 5 rings (SSSR count). The number of benzene rings is 3. The van der Waals surface area contributed by atoms with Gasteiger partial charge in [0.2, 0.25) is 5.91 Å². The number of aryl methyl sites for hydroxylation is 2. The van der Waals surface area contributed by atoms with Gasteiger partial charge in [-0.25, -0.2) is 4.98 Å². The van der Waals surface area contributed by atoms with Crippen LogP contribution in [0.1, 0.15) is 29.3 Å². The van der Waals surface area contributed by atoms with Crippen molar-refractivity contribution >= 4 is 22.6 Å². The number of methoxy groups -OCH3 is 1. The summed E-state index contributed by atoms with van der Waals surface area (Å²) in [6.45, 7) is 5.05. The second-order valence-corrected chi connectivity index (χ2v) is 9.46. The fourth-order valence-corrected chi connectivity index (χ4v) is 4.98. The quantitative estimate of drug-likeness (QED) is 0.394. The summed E-state index contributed by atoms with van der Waals surface area (Å²) >= 11 is 0. The first-order valence-electron chi connectivity index (χ1n) is 12.2. The minimum atomic E-state index is -0.742. The first kappa shape index (κ1) is 23.9. The number of imidazole rings is 1. The first-order chi connectivity index (χ1) is 17.4. The molecular weight excluding hydrogens is 454 g/mol. The third-order valence-corrected chi connectivity index (χ3v) is 6.57. The molecule has 2 heterocycles. The van der Waals surface area contributed by atoms with Gasteiger partial charge in [-0.05, 0) is 61.4 Å². The zero-order valence-electron chi connectivity index (χ0n) is 20.8. The number of nitrogens with zero attached hydrogens (tertiary/aromatic N) is 3. The normalized spacial score (nSPS) is 16.5. The van der Waals surface area contributed by atoms with Crippen LogP contribution in [-0.4, -0.2) is 46.9 Å². The zero-order valence-corrected chi connectivity index (χ0v) is 20.8. The number of aromatic nitrogens is 2. The summed E-state index contributed by atoms with van der Waals surface area (Å²) in [5.74, 6) is 2.22. The Morgan fingerprint density at radius 1 is 1.03 bits per heavy atom. The van der Waals surface area contributed by atoms with Crippen molar-refractivity contribution < 1.29 is 19.4 Å². The van der Waals surface area contributed by atoms with E-state index in [4.69, 9.17) is 14.5 Å². The number of carbonyl (C=O) groups excluding carboxylic acids is 1. The second kappa shape index (κ2) is 10.0. The Morgan fingerprint density at radius 2 is 1.81 bits per heavy atom. The van der Waals surface area contributed by atoms with Gasteiger partial charge in [0, 0.05) is 30.6 Å². The Labute approximate surface area is 210 Å². The van der Waals surface area contributed by atoms with Crippen molar-refractivity contribution in [2.75, 3.05) is 25.2 Å². The van der Waals surface area contributed by atoms with Crippen LogP contribution in [0.25, 0.3) is 11.0 Å². The maximum absolute atomic E-state index is 13.0. The molecule has 3 aromatic carbocycles. The number of anilines is 1. The van der Waals surface area contributed by atoms with Crippen molar-refractivity contribution in [2.24, 2.45) is 0 Å². The van der Waals surface area contributed by atoms with E-state index in [1.54, 1.807) is 12.0 Å². The van der Waals surface area contributed by atoms with Crippen LogP contribution in [0, 0.1) is 13.8 Å².